The third kappa shape index (κ3) is 4.88. The van der Waals surface area contributed by atoms with Gasteiger partial charge < -0.3 is 15.5 Å². The highest BCUT2D eigenvalue weighted by molar-refractivity contribution is 6.32. The second kappa shape index (κ2) is 9.58. The molecule has 0 bridgehead atoms. The van der Waals surface area contributed by atoms with Crippen molar-refractivity contribution >= 4 is 23.4 Å². The Morgan fingerprint density at radius 3 is 2.93 bits per heavy atom. The van der Waals surface area contributed by atoms with Gasteiger partial charge in [-0.1, -0.05) is 17.7 Å². The van der Waals surface area contributed by atoms with E-state index in [1.807, 2.05) is 41.2 Å². The van der Waals surface area contributed by atoms with Gasteiger partial charge in [0.15, 0.2) is 5.96 Å². The second-order valence-electron chi connectivity index (χ2n) is 7.07. The maximum absolute atomic E-state index is 6.30. The summed E-state index contributed by atoms with van der Waals surface area (Å²) < 4.78 is 1.87. The number of guanidine groups is 1. The number of hydrogen-bond acceptors (Lipinski definition) is 5. The molecule has 4 heterocycles. The molecule has 1 fully saturated rings. The molecule has 1 unspecified atom stereocenters. The number of halogens is 1. The maximum atomic E-state index is 6.30. The highest BCUT2D eigenvalue weighted by Gasteiger charge is 2.25. The van der Waals surface area contributed by atoms with Gasteiger partial charge in [-0.15, -0.1) is 0 Å². The molecule has 156 valence electrons. The van der Waals surface area contributed by atoms with Crippen molar-refractivity contribution in [2.45, 2.75) is 25.9 Å². The highest BCUT2D eigenvalue weighted by Crippen LogP contribution is 2.25. The van der Waals surface area contributed by atoms with Crippen LogP contribution in [0.5, 0.6) is 0 Å². The molecule has 3 aromatic heterocycles. The van der Waals surface area contributed by atoms with Gasteiger partial charge in [0.2, 0.25) is 0 Å². The Bertz CT molecular complexity index is 971. The van der Waals surface area contributed by atoms with E-state index in [1.54, 1.807) is 18.7 Å². The normalized spacial score (nSPS) is 16.7. The lowest BCUT2D eigenvalue weighted by Gasteiger charge is -2.20. The van der Waals surface area contributed by atoms with Crippen molar-refractivity contribution in [3.63, 3.8) is 0 Å². The van der Waals surface area contributed by atoms with Crippen LogP contribution < -0.4 is 15.5 Å². The summed E-state index contributed by atoms with van der Waals surface area (Å²) in [6.07, 6.45) is 9.97. The summed E-state index contributed by atoms with van der Waals surface area (Å²) in [4.78, 5) is 19.9. The SMILES string of the molecule is CCNC(=NCc1ccc(-n2ccnc2)nc1)NC1CCN(c2ncccc2Cl)C1. The molecule has 0 amide bonds. The fraction of sp³-hybridized carbons (Fsp3) is 0.333. The molecular weight excluding hydrogens is 400 g/mol. The summed E-state index contributed by atoms with van der Waals surface area (Å²) >= 11 is 6.30. The van der Waals surface area contributed by atoms with Crippen molar-refractivity contribution in [3.8, 4) is 5.82 Å². The van der Waals surface area contributed by atoms with Crippen LogP contribution >= 0.6 is 11.6 Å². The quantitative estimate of drug-likeness (QED) is 0.467. The molecule has 4 rings (SSSR count). The van der Waals surface area contributed by atoms with Gasteiger partial charge in [-0.25, -0.2) is 19.9 Å². The number of imidazole rings is 1. The van der Waals surface area contributed by atoms with E-state index < -0.39 is 0 Å². The van der Waals surface area contributed by atoms with E-state index in [4.69, 9.17) is 16.6 Å². The van der Waals surface area contributed by atoms with Gasteiger partial charge in [0.05, 0.1) is 11.6 Å². The van der Waals surface area contributed by atoms with E-state index in [9.17, 15) is 0 Å². The number of pyridine rings is 2. The smallest absolute Gasteiger partial charge is 0.191 e. The minimum atomic E-state index is 0.280. The van der Waals surface area contributed by atoms with E-state index in [0.717, 1.165) is 49.2 Å². The van der Waals surface area contributed by atoms with E-state index in [0.29, 0.717) is 11.6 Å². The van der Waals surface area contributed by atoms with Crippen LogP contribution in [0.3, 0.4) is 0 Å². The third-order valence-electron chi connectivity index (χ3n) is 4.91. The largest absolute Gasteiger partial charge is 0.357 e. The summed E-state index contributed by atoms with van der Waals surface area (Å²) in [6, 6.07) is 8.02. The standard InChI is InChI=1S/C21H25ClN8/c1-2-24-21(27-13-16-5-6-19(26-12-16)30-11-9-23-15-30)28-17-7-10-29(14-17)20-18(22)4-3-8-25-20/h3-6,8-9,11-12,15,17H,2,7,10,13-14H2,1H3,(H2,24,27,28). The summed E-state index contributed by atoms with van der Waals surface area (Å²) in [5, 5.41) is 7.54. The van der Waals surface area contributed by atoms with E-state index in [-0.39, 0.29) is 6.04 Å². The molecule has 1 aliphatic rings. The Hall–Kier alpha value is -3.13. The van der Waals surface area contributed by atoms with Gasteiger partial charge in [-0.2, -0.15) is 0 Å². The molecule has 0 aromatic carbocycles. The van der Waals surface area contributed by atoms with Crippen LogP contribution in [0.25, 0.3) is 5.82 Å². The number of hydrogen-bond donors (Lipinski definition) is 2. The van der Waals surface area contributed by atoms with Gasteiger partial charge in [0.1, 0.15) is 18.0 Å². The minimum absolute atomic E-state index is 0.280. The Balaban J connectivity index is 1.37. The Morgan fingerprint density at radius 2 is 2.20 bits per heavy atom. The summed E-state index contributed by atoms with van der Waals surface area (Å²) in [7, 11) is 0. The zero-order valence-corrected chi connectivity index (χ0v) is 17.6. The number of aliphatic imine (C=N–C) groups is 1. The lowest BCUT2D eigenvalue weighted by Crippen LogP contribution is -2.44. The molecule has 0 radical (unpaired) electrons. The van der Waals surface area contributed by atoms with Crippen LogP contribution in [-0.4, -0.2) is 51.2 Å². The van der Waals surface area contributed by atoms with Crippen LogP contribution in [0, 0.1) is 0 Å². The highest BCUT2D eigenvalue weighted by atomic mass is 35.5. The van der Waals surface area contributed by atoms with E-state index in [1.165, 1.54) is 0 Å². The number of aromatic nitrogens is 4. The van der Waals surface area contributed by atoms with Gasteiger partial charge >= 0.3 is 0 Å². The fourth-order valence-electron chi connectivity index (χ4n) is 3.42. The number of rotatable bonds is 6. The van der Waals surface area contributed by atoms with Crippen LogP contribution in [0.1, 0.15) is 18.9 Å². The number of anilines is 1. The first-order valence-corrected chi connectivity index (χ1v) is 10.4. The summed E-state index contributed by atoms with van der Waals surface area (Å²) in [5.41, 5.74) is 1.05. The van der Waals surface area contributed by atoms with Gasteiger partial charge in [-0.3, -0.25) is 4.57 Å². The first-order chi connectivity index (χ1) is 14.7. The average molecular weight is 425 g/mol. The molecule has 0 saturated carbocycles. The molecule has 1 aliphatic heterocycles. The molecule has 8 nitrogen and oxygen atoms in total. The molecule has 0 spiro atoms. The molecule has 9 heteroatoms. The number of nitrogens with zero attached hydrogens (tertiary/aromatic N) is 6. The molecular formula is C21H25ClN8. The van der Waals surface area contributed by atoms with Crippen molar-refractivity contribution < 1.29 is 0 Å². The lowest BCUT2D eigenvalue weighted by molar-refractivity contribution is 0.648. The summed E-state index contributed by atoms with van der Waals surface area (Å²) in [6.45, 7) is 5.16. The molecule has 2 N–H and O–H groups in total. The molecule has 3 aromatic rings. The Labute approximate surface area is 181 Å². The molecule has 1 saturated heterocycles. The van der Waals surface area contributed by atoms with Crippen molar-refractivity contribution in [1.82, 2.24) is 30.2 Å². The van der Waals surface area contributed by atoms with Crippen molar-refractivity contribution in [3.05, 3.63) is 66.0 Å². The van der Waals surface area contributed by atoms with E-state index in [2.05, 4.69) is 37.4 Å². The monoisotopic (exact) mass is 424 g/mol. The Kier molecular flexibility index (Phi) is 6.44. The Morgan fingerprint density at radius 1 is 1.27 bits per heavy atom. The van der Waals surface area contributed by atoms with Crippen molar-refractivity contribution in [2.75, 3.05) is 24.5 Å². The van der Waals surface area contributed by atoms with Crippen molar-refractivity contribution in [2.24, 2.45) is 4.99 Å². The van der Waals surface area contributed by atoms with Crippen LogP contribution in [-0.2, 0) is 6.54 Å². The van der Waals surface area contributed by atoms with Crippen molar-refractivity contribution in [1.29, 1.82) is 0 Å². The van der Waals surface area contributed by atoms with Gasteiger partial charge in [0.25, 0.3) is 0 Å². The second-order valence-corrected chi connectivity index (χ2v) is 7.48. The zero-order valence-electron chi connectivity index (χ0n) is 16.9. The fourth-order valence-corrected chi connectivity index (χ4v) is 3.66. The molecule has 1 atom stereocenters. The first-order valence-electron chi connectivity index (χ1n) is 10.1. The third-order valence-corrected chi connectivity index (χ3v) is 5.20. The van der Waals surface area contributed by atoms with Crippen LogP contribution in [0.15, 0.2) is 60.4 Å². The van der Waals surface area contributed by atoms with Gasteiger partial charge in [-0.05, 0) is 37.1 Å². The predicted octanol–water partition coefficient (Wildman–Crippen LogP) is 2.65. The van der Waals surface area contributed by atoms with Crippen LogP contribution in [0.4, 0.5) is 5.82 Å². The summed E-state index contributed by atoms with van der Waals surface area (Å²) in [5.74, 6) is 2.48. The molecule has 0 aliphatic carbocycles. The molecule has 30 heavy (non-hydrogen) atoms. The number of nitrogens with one attached hydrogen (secondary N) is 2. The minimum Gasteiger partial charge on any atom is -0.357 e. The van der Waals surface area contributed by atoms with Crippen LogP contribution in [0.2, 0.25) is 5.02 Å². The van der Waals surface area contributed by atoms with Gasteiger partial charge in [0, 0.05) is 50.5 Å². The van der Waals surface area contributed by atoms with E-state index >= 15 is 0 Å². The zero-order chi connectivity index (χ0) is 20.8. The maximum Gasteiger partial charge on any atom is 0.191 e. The lowest BCUT2D eigenvalue weighted by atomic mass is 10.2. The average Bonchev–Trinajstić information content (AvgIpc) is 3.45. The first kappa shape index (κ1) is 20.2. The predicted molar refractivity (Wildman–Crippen MR) is 119 cm³/mol. The topological polar surface area (TPSA) is 83.3 Å².